The number of halogens is 1. The van der Waals surface area contributed by atoms with Crippen molar-refractivity contribution in [2.45, 2.75) is 26.4 Å². The average molecular weight is 132 g/mol. The van der Waals surface area contributed by atoms with E-state index in [-0.39, 0.29) is 5.41 Å². The van der Waals surface area contributed by atoms with Crippen LogP contribution in [-0.2, 0) is 4.74 Å². The highest BCUT2D eigenvalue weighted by atomic mass is 19.1. The van der Waals surface area contributed by atoms with Gasteiger partial charge in [-0.05, 0) is 0 Å². The van der Waals surface area contributed by atoms with Gasteiger partial charge in [0.25, 0.3) is 0 Å². The summed E-state index contributed by atoms with van der Waals surface area (Å²) in [6.07, 6.45) is -0.112. The number of hydrogen-bond acceptors (Lipinski definition) is 1. The fraction of sp³-hybridized carbons (Fsp3) is 1.00. The summed E-state index contributed by atoms with van der Waals surface area (Å²) in [5, 5.41) is 0. The maximum atomic E-state index is 12.9. The zero-order chi connectivity index (χ0) is 6.91. The summed E-state index contributed by atoms with van der Waals surface area (Å²) in [6, 6.07) is 0. The molecule has 2 heteroatoms. The topological polar surface area (TPSA) is 9.23 Å². The minimum atomic E-state index is -0.675. The fourth-order valence-corrected chi connectivity index (χ4v) is 1.00. The van der Waals surface area contributed by atoms with Crippen LogP contribution in [0.5, 0.6) is 0 Å². The molecule has 0 aromatic carbocycles. The van der Waals surface area contributed by atoms with Gasteiger partial charge in [-0.1, -0.05) is 13.8 Å². The Morgan fingerprint density at radius 3 is 2.56 bits per heavy atom. The van der Waals surface area contributed by atoms with Crippen LogP contribution >= 0.6 is 0 Å². The van der Waals surface area contributed by atoms with E-state index < -0.39 is 6.17 Å². The second-order valence-corrected chi connectivity index (χ2v) is 3.30. The van der Waals surface area contributed by atoms with Crippen molar-refractivity contribution in [3.05, 3.63) is 0 Å². The van der Waals surface area contributed by atoms with E-state index >= 15 is 0 Å². The highest BCUT2D eigenvalue weighted by molar-refractivity contribution is 4.80. The first-order chi connectivity index (χ1) is 4.13. The Balaban J connectivity index is 2.49. The molecule has 0 spiro atoms. The van der Waals surface area contributed by atoms with E-state index in [1.54, 1.807) is 0 Å². The molecule has 0 N–H and O–H groups in total. The van der Waals surface area contributed by atoms with E-state index in [2.05, 4.69) is 0 Å². The molecule has 0 amide bonds. The van der Waals surface area contributed by atoms with Gasteiger partial charge in [0.1, 0.15) is 6.17 Å². The third kappa shape index (κ3) is 1.42. The molecule has 0 bridgehead atoms. The van der Waals surface area contributed by atoms with Crippen LogP contribution in [0.15, 0.2) is 0 Å². The molecular formula is C7H13FO. The molecule has 1 heterocycles. The first-order valence-corrected chi connectivity index (χ1v) is 3.35. The van der Waals surface area contributed by atoms with Crippen LogP contribution in [0.4, 0.5) is 4.39 Å². The van der Waals surface area contributed by atoms with E-state index in [4.69, 9.17) is 4.74 Å². The molecule has 1 rings (SSSR count). The van der Waals surface area contributed by atoms with Crippen LogP contribution in [0.25, 0.3) is 0 Å². The van der Waals surface area contributed by atoms with E-state index in [1.165, 1.54) is 0 Å². The first kappa shape index (κ1) is 7.00. The summed E-state index contributed by atoms with van der Waals surface area (Å²) >= 11 is 0. The lowest BCUT2D eigenvalue weighted by Crippen LogP contribution is -2.36. The molecule has 9 heavy (non-hydrogen) atoms. The van der Waals surface area contributed by atoms with Crippen LogP contribution in [0, 0.1) is 5.41 Å². The molecule has 1 nitrogen and oxygen atoms in total. The van der Waals surface area contributed by atoms with Crippen molar-refractivity contribution < 1.29 is 9.13 Å². The van der Waals surface area contributed by atoms with Crippen LogP contribution < -0.4 is 0 Å². The van der Waals surface area contributed by atoms with Gasteiger partial charge in [-0.15, -0.1) is 0 Å². The molecule has 0 aromatic rings. The summed E-state index contributed by atoms with van der Waals surface area (Å²) in [6.45, 7) is 4.95. The molecule has 1 aliphatic heterocycles. The molecule has 0 aromatic heterocycles. The van der Waals surface area contributed by atoms with Crippen molar-refractivity contribution in [3.63, 3.8) is 0 Å². The lowest BCUT2D eigenvalue weighted by atomic mass is 9.85. The standard InChI is InChI=1S/C7H13FO/c1-7(2)5-9-4-3-6(7)8/h6H,3-5H2,1-2H3. The minimum absolute atomic E-state index is 0.252. The maximum Gasteiger partial charge on any atom is 0.110 e. The highest BCUT2D eigenvalue weighted by Crippen LogP contribution is 2.29. The van der Waals surface area contributed by atoms with E-state index in [0.717, 1.165) is 0 Å². The zero-order valence-electron chi connectivity index (χ0n) is 5.98. The van der Waals surface area contributed by atoms with Crippen molar-refractivity contribution in [1.82, 2.24) is 0 Å². The van der Waals surface area contributed by atoms with Crippen LogP contribution in [0.2, 0.25) is 0 Å². The van der Waals surface area contributed by atoms with Gasteiger partial charge < -0.3 is 4.74 Å². The van der Waals surface area contributed by atoms with E-state index in [9.17, 15) is 4.39 Å². The van der Waals surface area contributed by atoms with Crippen molar-refractivity contribution in [2.75, 3.05) is 13.2 Å². The van der Waals surface area contributed by atoms with Crippen molar-refractivity contribution in [1.29, 1.82) is 0 Å². The Morgan fingerprint density at radius 2 is 2.22 bits per heavy atom. The van der Waals surface area contributed by atoms with Crippen LogP contribution in [-0.4, -0.2) is 19.4 Å². The van der Waals surface area contributed by atoms with E-state index in [1.807, 2.05) is 13.8 Å². The van der Waals surface area contributed by atoms with E-state index in [0.29, 0.717) is 19.6 Å². The van der Waals surface area contributed by atoms with Gasteiger partial charge in [0.15, 0.2) is 0 Å². The lowest BCUT2D eigenvalue weighted by molar-refractivity contribution is -0.0447. The van der Waals surface area contributed by atoms with Crippen LogP contribution in [0.3, 0.4) is 0 Å². The third-order valence-corrected chi connectivity index (χ3v) is 1.84. The normalized spacial score (nSPS) is 34.3. The molecule has 1 atom stereocenters. The minimum Gasteiger partial charge on any atom is -0.381 e. The fourth-order valence-electron chi connectivity index (χ4n) is 1.00. The Labute approximate surface area is 55.2 Å². The van der Waals surface area contributed by atoms with Gasteiger partial charge >= 0.3 is 0 Å². The van der Waals surface area contributed by atoms with Gasteiger partial charge in [0.2, 0.25) is 0 Å². The maximum absolute atomic E-state index is 12.9. The van der Waals surface area contributed by atoms with Gasteiger partial charge in [-0.25, -0.2) is 4.39 Å². The Morgan fingerprint density at radius 1 is 1.56 bits per heavy atom. The molecule has 54 valence electrons. The number of rotatable bonds is 0. The SMILES string of the molecule is CC1(C)COCCC1F. The van der Waals surface area contributed by atoms with Gasteiger partial charge in [-0.3, -0.25) is 0 Å². The Bertz CT molecular complexity index is 101. The monoisotopic (exact) mass is 132 g/mol. The summed E-state index contributed by atoms with van der Waals surface area (Å²) in [4.78, 5) is 0. The quantitative estimate of drug-likeness (QED) is 0.488. The average Bonchev–Trinajstić information content (AvgIpc) is 1.77. The molecule has 1 saturated heterocycles. The molecule has 0 radical (unpaired) electrons. The lowest BCUT2D eigenvalue weighted by Gasteiger charge is -2.32. The third-order valence-electron chi connectivity index (χ3n) is 1.84. The first-order valence-electron chi connectivity index (χ1n) is 3.35. The van der Waals surface area contributed by atoms with Crippen molar-refractivity contribution >= 4 is 0 Å². The largest absolute Gasteiger partial charge is 0.381 e. The second-order valence-electron chi connectivity index (χ2n) is 3.30. The number of alkyl halides is 1. The molecule has 0 aliphatic carbocycles. The van der Waals surface area contributed by atoms with Crippen molar-refractivity contribution in [2.24, 2.45) is 5.41 Å². The number of ether oxygens (including phenoxy) is 1. The summed E-state index contributed by atoms with van der Waals surface area (Å²) < 4.78 is 18.0. The van der Waals surface area contributed by atoms with Crippen LogP contribution in [0.1, 0.15) is 20.3 Å². The molecule has 1 aliphatic rings. The summed E-state index contributed by atoms with van der Waals surface area (Å²) in [7, 11) is 0. The molecule has 1 unspecified atom stereocenters. The van der Waals surface area contributed by atoms with Crippen molar-refractivity contribution in [3.8, 4) is 0 Å². The predicted molar refractivity (Wildman–Crippen MR) is 34.1 cm³/mol. The molecule has 0 saturated carbocycles. The van der Waals surface area contributed by atoms with Gasteiger partial charge in [0, 0.05) is 18.4 Å². The van der Waals surface area contributed by atoms with Gasteiger partial charge in [0.05, 0.1) is 6.61 Å². The molecular weight excluding hydrogens is 119 g/mol. The zero-order valence-corrected chi connectivity index (χ0v) is 5.98. The van der Waals surface area contributed by atoms with Gasteiger partial charge in [-0.2, -0.15) is 0 Å². The smallest absolute Gasteiger partial charge is 0.110 e. The predicted octanol–water partition coefficient (Wildman–Crippen LogP) is 1.77. The molecule has 1 fully saturated rings. The highest BCUT2D eigenvalue weighted by Gasteiger charge is 2.32. The second kappa shape index (κ2) is 2.25. The Kier molecular flexibility index (Phi) is 1.75. The summed E-state index contributed by atoms with van der Waals surface area (Å²) in [5.41, 5.74) is -0.252. The summed E-state index contributed by atoms with van der Waals surface area (Å²) in [5.74, 6) is 0. The number of hydrogen-bond donors (Lipinski definition) is 0. The Hall–Kier alpha value is -0.110.